The van der Waals surface area contributed by atoms with Gasteiger partial charge in [0.1, 0.15) is 6.61 Å². The molecular formula is C18H15NO2. The minimum atomic E-state index is -0.389. The van der Waals surface area contributed by atoms with Crippen molar-refractivity contribution in [1.29, 1.82) is 5.26 Å². The molecule has 2 rings (SSSR count). The van der Waals surface area contributed by atoms with Crippen molar-refractivity contribution in [2.45, 2.75) is 13.5 Å². The van der Waals surface area contributed by atoms with Crippen molar-refractivity contribution in [2.24, 2.45) is 0 Å². The summed E-state index contributed by atoms with van der Waals surface area (Å²) in [4.78, 5) is 11.6. The van der Waals surface area contributed by atoms with Crippen molar-refractivity contribution >= 4 is 12.0 Å². The molecule has 0 radical (unpaired) electrons. The summed E-state index contributed by atoms with van der Waals surface area (Å²) >= 11 is 0. The molecule has 104 valence electrons. The van der Waals surface area contributed by atoms with Crippen LogP contribution in [0, 0.1) is 18.3 Å². The van der Waals surface area contributed by atoms with Crippen LogP contribution in [0.5, 0.6) is 0 Å². The summed E-state index contributed by atoms with van der Waals surface area (Å²) in [5, 5.41) is 8.70. The molecular weight excluding hydrogens is 262 g/mol. The van der Waals surface area contributed by atoms with Gasteiger partial charge >= 0.3 is 5.97 Å². The van der Waals surface area contributed by atoms with Crippen LogP contribution in [0.15, 0.2) is 54.6 Å². The van der Waals surface area contributed by atoms with Crippen molar-refractivity contribution in [3.8, 4) is 6.07 Å². The minimum absolute atomic E-state index is 0.197. The third-order valence-corrected chi connectivity index (χ3v) is 2.95. The molecule has 0 aliphatic heterocycles. The molecule has 0 atom stereocenters. The van der Waals surface area contributed by atoms with Gasteiger partial charge in [0.25, 0.3) is 0 Å². The van der Waals surface area contributed by atoms with Gasteiger partial charge in [0.15, 0.2) is 0 Å². The van der Waals surface area contributed by atoms with Crippen LogP contribution in [-0.2, 0) is 16.1 Å². The zero-order valence-electron chi connectivity index (χ0n) is 11.7. The third-order valence-electron chi connectivity index (χ3n) is 2.95. The summed E-state index contributed by atoms with van der Waals surface area (Å²) in [7, 11) is 0. The molecule has 0 fully saturated rings. The van der Waals surface area contributed by atoms with Crippen molar-refractivity contribution < 1.29 is 9.53 Å². The normalized spacial score (nSPS) is 10.3. The molecule has 0 amide bonds. The maximum atomic E-state index is 11.6. The lowest BCUT2D eigenvalue weighted by atomic mass is 10.1. The van der Waals surface area contributed by atoms with Gasteiger partial charge in [-0.15, -0.1) is 0 Å². The quantitative estimate of drug-likeness (QED) is 0.633. The van der Waals surface area contributed by atoms with Crippen LogP contribution >= 0.6 is 0 Å². The first-order valence-corrected chi connectivity index (χ1v) is 6.58. The number of benzene rings is 2. The van der Waals surface area contributed by atoms with Crippen LogP contribution < -0.4 is 0 Å². The van der Waals surface area contributed by atoms with Gasteiger partial charge in [-0.25, -0.2) is 4.79 Å². The van der Waals surface area contributed by atoms with Gasteiger partial charge in [0, 0.05) is 6.08 Å². The second-order valence-electron chi connectivity index (χ2n) is 4.66. The minimum Gasteiger partial charge on any atom is -0.458 e. The smallest absolute Gasteiger partial charge is 0.331 e. The Hall–Kier alpha value is -2.86. The molecule has 0 aliphatic rings. The first-order valence-electron chi connectivity index (χ1n) is 6.58. The van der Waals surface area contributed by atoms with Crippen LogP contribution in [-0.4, -0.2) is 5.97 Å². The molecule has 0 unspecified atom stereocenters. The zero-order valence-corrected chi connectivity index (χ0v) is 11.7. The van der Waals surface area contributed by atoms with E-state index in [0.29, 0.717) is 5.56 Å². The lowest BCUT2D eigenvalue weighted by molar-refractivity contribution is -0.138. The van der Waals surface area contributed by atoms with Crippen LogP contribution in [0.1, 0.15) is 22.3 Å². The van der Waals surface area contributed by atoms with E-state index < -0.39 is 0 Å². The summed E-state index contributed by atoms with van der Waals surface area (Å²) in [6.07, 6.45) is 3.13. The average molecular weight is 277 g/mol. The van der Waals surface area contributed by atoms with E-state index >= 15 is 0 Å². The fourth-order valence-corrected chi connectivity index (χ4v) is 1.72. The van der Waals surface area contributed by atoms with E-state index in [1.807, 2.05) is 37.3 Å². The Morgan fingerprint density at radius 1 is 1.14 bits per heavy atom. The second kappa shape index (κ2) is 7.06. The fraction of sp³-hybridized carbons (Fsp3) is 0.111. The number of nitriles is 1. The predicted octanol–water partition coefficient (Wildman–Crippen LogP) is 3.62. The first kappa shape index (κ1) is 14.5. The van der Waals surface area contributed by atoms with E-state index in [1.165, 1.54) is 11.6 Å². The summed E-state index contributed by atoms with van der Waals surface area (Å²) in [5.41, 5.74) is 3.57. The molecule has 2 aromatic carbocycles. The number of carbonyl (C=O) groups excluding carboxylic acids is 1. The SMILES string of the molecule is Cc1ccc(C=CC(=O)OCc2ccc(C#N)cc2)cc1. The Bertz CT molecular complexity index is 677. The van der Waals surface area contributed by atoms with Crippen molar-refractivity contribution in [2.75, 3.05) is 0 Å². The lowest BCUT2D eigenvalue weighted by Crippen LogP contribution is -2.00. The zero-order chi connectivity index (χ0) is 15.1. The molecule has 0 saturated carbocycles. The van der Waals surface area contributed by atoms with E-state index in [0.717, 1.165) is 11.1 Å². The Morgan fingerprint density at radius 2 is 1.81 bits per heavy atom. The standard InChI is InChI=1S/C18H15NO2/c1-14-2-4-15(5-3-14)10-11-18(20)21-13-17-8-6-16(12-19)7-9-17/h2-11H,13H2,1H3. The van der Waals surface area contributed by atoms with Crippen LogP contribution in [0.25, 0.3) is 6.08 Å². The number of hydrogen-bond acceptors (Lipinski definition) is 3. The van der Waals surface area contributed by atoms with Crippen LogP contribution in [0.3, 0.4) is 0 Å². The first-order chi connectivity index (χ1) is 10.2. The highest BCUT2D eigenvalue weighted by Crippen LogP contribution is 2.07. The molecule has 0 spiro atoms. The largest absolute Gasteiger partial charge is 0.458 e. The van der Waals surface area contributed by atoms with E-state index in [9.17, 15) is 4.79 Å². The van der Waals surface area contributed by atoms with E-state index in [2.05, 4.69) is 0 Å². The van der Waals surface area contributed by atoms with E-state index in [4.69, 9.17) is 10.00 Å². The molecule has 3 heteroatoms. The topological polar surface area (TPSA) is 50.1 Å². The molecule has 0 saturated heterocycles. The van der Waals surface area contributed by atoms with Gasteiger partial charge < -0.3 is 4.74 Å². The Balaban J connectivity index is 1.86. The highest BCUT2D eigenvalue weighted by atomic mass is 16.5. The lowest BCUT2D eigenvalue weighted by Gasteiger charge is -2.02. The number of aryl methyl sites for hydroxylation is 1. The van der Waals surface area contributed by atoms with Gasteiger partial charge in [-0.3, -0.25) is 0 Å². The van der Waals surface area contributed by atoms with Crippen molar-refractivity contribution in [3.05, 3.63) is 76.9 Å². The highest BCUT2D eigenvalue weighted by Gasteiger charge is 1.99. The molecule has 21 heavy (non-hydrogen) atoms. The molecule has 0 aromatic heterocycles. The molecule has 0 heterocycles. The Morgan fingerprint density at radius 3 is 2.43 bits per heavy atom. The highest BCUT2D eigenvalue weighted by molar-refractivity contribution is 5.87. The maximum absolute atomic E-state index is 11.6. The molecule has 0 bridgehead atoms. The van der Waals surface area contributed by atoms with Gasteiger partial charge in [-0.1, -0.05) is 42.0 Å². The third kappa shape index (κ3) is 4.63. The van der Waals surface area contributed by atoms with Crippen LogP contribution in [0.2, 0.25) is 0 Å². The molecule has 0 aliphatic carbocycles. The molecule has 0 N–H and O–H groups in total. The fourth-order valence-electron chi connectivity index (χ4n) is 1.72. The van der Waals surface area contributed by atoms with Crippen LogP contribution in [0.4, 0.5) is 0 Å². The van der Waals surface area contributed by atoms with E-state index in [1.54, 1.807) is 30.3 Å². The summed E-state index contributed by atoms with van der Waals surface area (Å²) in [6.45, 7) is 2.21. The number of ether oxygens (including phenoxy) is 1. The van der Waals surface area contributed by atoms with Gasteiger partial charge in [0.2, 0.25) is 0 Å². The van der Waals surface area contributed by atoms with Gasteiger partial charge in [-0.05, 0) is 36.3 Å². The van der Waals surface area contributed by atoms with Gasteiger partial charge in [-0.2, -0.15) is 5.26 Å². The van der Waals surface area contributed by atoms with Crippen molar-refractivity contribution in [3.63, 3.8) is 0 Å². The Labute approximate surface area is 124 Å². The second-order valence-corrected chi connectivity index (χ2v) is 4.66. The molecule has 3 nitrogen and oxygen atoms in total. The van der Waals surface area contributed by atoms with Crippen molar-refractivity contribution in [1.82, 2.24) is 0 Å². The summed E-state index contributed by atoms with van der Waals surface area (Å²) in [5.74, 6) is -0.389. The Kier molecular flexibility index (Phi) is 4.89. The monoisotopic (exact) mass is 277 g/mol. The summed E-state index contributed by atoms with van der Waals surface area (Å²) < 4.78 is 5.14. The summed E-state index contributed by atoms with van der Waals surface area (Å²) in [6, 6.07) is 16.9. The number of nitrogens with zero attached hydrogens (tertiary/aromatic N) is 1. The van der Waals surface area contributed by atoms with E-state index in [-0.39, 0.29) is 12.6 Å². The maximum Gasteiger partial charge on any atom is 0.331 e. The average Bonchev–Trinajstić information content (AvgIpc) is 2.53. The predicted molar refractivity (Wildman–Crippen MR) is 81.2 cm³/mol. The molecule has 2 aromatic rings. The number of hydrogen-bond donors (Lipinski definition) is 0. The van der Waals surface area contributed by atoms with Gasteiger partial charge in [0.05, 0.1) is 11.6 Å². The number of rotatable bonds is 4. The number of esters is 1. The number of carbonyl (C=O) groups is 1.